The lowest BCUT2D eigenvalue weighted by Crippen LogP contribution is -2.24. The first kappa shape index (κ1) is 19.5. The van der Waals surface area contributed by atoms with Crippen molar-refractivity contribution in [1.82, 2.24) is 14.9 Å². The lowest BCUT2D eigenvalue weighted by atomic mass is 10.2. The van der Waals surface area contributed by atoms with E-state index < -0.39 is 5.25 Å². The van der Waals surface area contributed by atoms with Gasteiger partial charge in [0.1, 0.15) is 0 Å². The molecule has 1 aromatic heterocycles. The molecular formula is C18H17Cl2N5OS. The van der Waals surface area contributed by atoms with E-state index in [1.54, 1.807) is 25.1 Å². The lowest BCUT2D eigenvalue weighted by molar-refractivity contribution is -0.115. The van der Waals surface area contributed by atoms with Crippen LogP contribution >= 0.6 is 35.0 Å². The maximum absolute atomic E-state index is 12.5. The Morgan fingerprint density at radius 1 is 1.22 bits per heavy atom. The third kappa shape index (κ3) is 4.37. The van der Waals surface area contributed by atoms with Gasteiger partial charge in [-0.25, -0.2) is 4.68 Å². The fourth-order valence-electron chi connectivity index (χ4n) is 2.37. The number of nitrogens with two attached hydrogens (primary N) is 1. The Bertz CT molecular complexity index is 992. The third-order valence-corrected chi connectivity index (χ3v) is 5.50. The SMILES string of the molecule is Cc1ccccc1NC(=O)C(C)Sc1nnc(-c2ccc(Cl)cc2Cl)n1N. The van der Waals surface area contributed by atoms with E-state index in [-0.39, 0.29) is 5.91 Å². The summed E-state index contributed by atoms with van der Waals surface area (Å²) in [6.07, 6.45) is 0. The second kappa shape index (κ2) is 8.21. The van der Waals surface area contributed by atoms with E-state index in [9.17, 15) is 4.79 Å². The Labute approximate surface area is 171 Å². The highest BCUT2D eigenvalue weighted by Gasteiger charge is 2.21. The number of nitrogens with one attached hydrogen (secondary N) is 1. The number of hydrogen-bond donors (Lipinski definition) is 2. The largest absolute Gasteiger partial charge is 0.335 e. The maximum atomic E-state index is 12.5. The molecule has 0 fully saturated rings. The summed E-state index contributed by atoms with van der Waals surface area (Å²) in [4.78, 5) is 12.5. The summed E-state index contributed by atoms with van der Waals surface area (Å²) in [6, 6.07) is 12.6. The van der Waals surface area contributed by atoms with E-state index in [0.29, 0.717) is 26.6 Å². The minimum absolute atomic E-state index is 0.150. The molecule has 0 aliphatic rings. The average Bonchev–Trinajstić information content (AvgIpc) is 2.97. The number of nitrogen functional groups attached to an aromatic ring is 1. The van der Waals surface area contributed by atoms with Crippen molar-refractivity contribution in [3.63, 3.8) is 0 Å². The van der Waals surface area contributed by atoms with E-state index in [0.717, 1.165) is 11.3 Å². The molecule has 0 spiro atoms. The normalized spacial score (nSPS) is 12.0. The predicted molar refractivity (Wildman–Crippen MR) is 111 cm³/mol. The van der Waals surface area contributed by atoms with Crippen molar-refractivity contribution in [2.45, 2.75) is 24.3 Å². The molecule has 1 heterocycles. The Hall–Kier alpha value is -2.22. The van der Waals surface area contributed by atoms with Crippen molar-refractivity contribution in [3.05, 3.63) is 58.1 Å². The second-order valence-corrected chi connectivity index (χ2v) is 8.02. The summed E-state index contributed by atoms with van der Waals surface area (Å²) in [5, 5.41) is 12.0. The van der Waals surface area contributed by atoms with Crippen molar-refractivity contribution in [2.75, 3.05) is 11.2 Å². The quantitative estimate of drug-likeness (QED) is 0.471. The van der Waals surface area contributed by atoms with E-state index in [1.807, 2.05) is 31.2 Å². The molecule has 0 radical (unpaired) electrons. The van der Waals surface area contributed by atoms with Gasteiger partial charge < -0.3 is 11.2 Å². The fourth-order valence-corrected chi connectivity index (χ4v) is 3.63. The van der Waals surface area contributed by atoms with Gasteiger partial charge >= 0.3 is 0 Å². The van der Waals surface area contributed by atoms with Crippen LogP contribution in [0.2, 0.25) is 10.0 Å². The number of benzene rings is 2. The number of anilines is 1. The number of carbonyl (C=O) groups is 1. The Kier molecular flexibility index (Phi) is 5.94. The van der Waals surface area contributed by atoms with Gasteiger partial charge in [0.15, 0.2) is 5.82 Å². The summed E-state index contributed by atoms with van der Waals surface area (Å²) in [7, 11) is 0. The average molecular weight is 422 g/mol. The fraction of sp³-hybridized carbons (Fsp3) is 0.167. The second-order valence-electron chi connectivity index (χ2n) is 5.86. The first-order chi connectivity index (χ1) is 12.9. The smallest absolute Gasteiger partial charge is 0.237 e. The first-order valence-electron chi connectivity index (χ1n) is 8.06. The van der Waals surface area contributed by atoms with Crippen LogP contribution in [0.15, 0.2) is 47.6 Å². The number of rotatable bonds is 5. The zero-order valence-electron chi connectivity index (χ0n) is 14.6. The van der Waals surface area contributed by atoms with Crippen molar-refractivity contribution in [3.8, 4) is 11.4 Å². The molecule has 1 atom stereocenters. The molecule has 1 amide bonds. The van der Waals surface area contributed by atoms with Gasteiger partial charge in [-0.2, -0.15) is 0 Å². The molecule has 2 aromatic carbocycles. The third-order valence-electron chi connectivity index (χ3n) is 3.89. The number of carbonyl (C=O) groups excluding carboxylic acids is 1. The van der Waals surface area contributed by atoms with Gasteiger partial charge in [0.05, 0.1) is 10.3 Å². The molecule has 3 rings (SSSR count). The molecular weight excluding hydrogens is 405 g/mol. The van der Waals surface area contributed by atoms with Gasteiger partial charge in [-0.1, -0.05) is 53.2 Å². The lowest BCUT2D eigenvalue weighted by Gasteiger charge is -2.13. The molecule has 27 heavy (non-hydrogen) atoms. The molecule has 0 saturated carbocycles. The number of amides is 1. The number of thioether (sulfide) groups is 1. The zero-order chi connectivity index (χ0) is 19.6. The van der Waals surface area contributed by atoms with Crippen LogP contribution in [0, 0.1) is 6.92 Å². The van der Waals surface area contributed by atoms with Crippen LogP contribution < -0.4 is 11.2 Å². The van der Waals surface area contributed by atoms with Crippen LogP contribution in [0.3, 0.4) is 0 Å². The van der Waals surface area contributed by atoms with Gasteiger partial charge in [0.2, 0.25) is 11.1 Å². The van der Waals surface area contributed by atoms with Crippen LogP contribution in [0.5, 0.6) is 0 Å². The molecule has 6 nitrogen and oxygen atoms in total. The van der Waals surface area contributed by atoms with Crippen LogP contribution in [0.1, 0.15) is 12.5 Å². The number of aryl methyl sites for hydroxylation is 1. The van der Waals surface area contributed by atoms with E-state index >= 15 is 0 Å². The van der Waals surface area contributed by atoms with Gasteiger partial charge in [-0.15, -0.1) is 10.2 Å². The number of aromatic nitrogens is 3. The molecule has 9 heteroatoms. The van der Waals surface area contributed by atoms with E-state index in [2.05, 4.69) is 15.5 Å². The molecule has 3 N–H and O–H groups in total. The van der Waals surface area contributed by atoms with Crippen LogP contribution in [0.4, 0.5) is 5.69 Å². The zero-order valence-corrected chi connectivity index (χ0v) is 16.9. The summed E-state index contributed by atoms with van der Waals surface area (Å²) >= 11 is 13.3. The highest BCUT2D eigenvalue weighted by Crippen LogP contribution is 2.31. The van der Waals surface area contributed by atoms with Gasteiger partial charge in [-0.05, 0) is 43.7 Å². The van der Waals surface area contributed by atoms with Crippen LogP contribution in [-0.2, 0) is 4.79 Å². The highest BCUT2D eigenvalue weighted by molar-refractivity contribution is 8.00. The van der Waals surface area contributed by atoms with Crippen molar-refractivity contribution in [2.24, 2.45) is 0 Å². The maximum Gasteiger partial charge on any atom is 0.237 e. The van der Waals surface area contributed by atoms with Crippen molar-refractivity contribution >= 4 is 46.6 Å². The highest BCUT2D eigenvalue weighted by atomic mass is 35.5. The number of nitrogens with zero attached hydrogens (tertiary/aromatic N) is 3. The number of para-hydroxylation sites is 1. The standard InChI is InChI=1S/C18H17Cl2N5OS/c1-10-5-3-4-6-15(10)22-17(26)11(2)27-18-24-23-16(25(18)21)13-8-7-12(19)9-14(13)20/h3-9,11H,21H2,1-2H3,(H,22,26). The summed E-state index contributed by atoms with van der Waals surface area (Å²) in [6.45, 7) is 3.72. The molecule has 3 aromatic rings. The Balaban J connectivity index is 1.75. The molecule has 0 bridgehead atoms. The Morgan fingerprint density at radius 3 is 2.67 bits per heavy atom. The molecule has 1 unspecified atom stereocenters. The molecule has 140 valence electrons. The minimum atomic E-state index is -0.426. The topological polar surface area (TPSA) is 85.8 Å². The van der Waals surface area contributed by atoms with Crippen LogP contribution in [0.25, 0.3) is 11.4 Å². The van der Waals surface area contributed by atoms with Gasteiger partial charge in [0.25, 0.3) is 0 Å². The van der Waals surface area contributed by atoms with Crippen molar-refractivity contribution < 1.29 is 4.79 Å². The molecule has 0 aliphatic carbocycles. The van der Waals surface area contributed by atoms with Gasteiger partial charge in [0, 0.05) is 16.3 Å². The summed E-state index contributed by atoms with van der Waals surface area (Å²) < 4.78 is 1.32. The van der Waals surface area contributed by atoms with E-state index in [1.165, 1.54) is 16.4 Å². The molecule has 0 saturated heterocycles. The summed E-state index contributed by atoms with van der Waals surface area (Å²) in [5.74, 6) is 6.36. The van der Waals surface area contributed by atoms with Crippen LogP contribution in [-0.4, -0.2) is 26.0 Å². The first-order valence-corrected chi connectivity index (χ1v) is 9.69. The minimum Gasteiger partial charge on any atom is -0.335 e. The summed E-state index contributed by atoms with van der Waals surface area (Å²) in [5.41, 5.74) is 2.38. The number of hydrogen-bond acceptors (Lipinski definition) is 5. The van der Waals surface area contributed by atoms with Crippen molar-refractivity contribution in [1.29, 1.82) is 0 Å². The van der Waals surface area contributed by atoms with Gasteiger partial charge in [-0.3, -0.25) is 4.79 Å². The van der Waals surface area contributed by atoms with E-state index in [4.69, 9.17) is 29.0 Å². The monoisotopic (exact) mass is 421 g/mol. The predicted octanol–water partition coefficient (Wildman–Crippen LogP) is 4.39. The number of halogens is 2. The Morgan fingerprint density at radius 2 is 1.96 bits per heavy atom. The molecule has 0 aliphatic heterocycles.